The lowest BCUT2D eigenvalue weighted by Gasteiger charge is -2.12. The highest BCUT2D eigenvalue weighted by Gasteiger charge is 2.17. The number of thiophene rings is 1. The number of methoxy groups -OCH3 is 2. The monoisotopic (exact) mass is 481 g/mol. The Morgan fingerprint density at radius 1 is 1.12 bits per heavy atom. The van der Waals surface area contributed by atoms with E-state index in [0.29, 0.717) is 39.1 Å². The topological polar surface area (TPSA) is 82.5 Å². The molecule has 0 radical (unpaired) electrons. The molecular formula is C24H23N3O4S2. The van der Waals surface area contributed by atoms with Crippen LogP contribution in [0.15, 0.2) is 63.9 Å². The lowest BCUT2D eigenvalue weighted by Crippen LogP contribution is -2.22. The predicted molar refractivity (Wildman–Crippen MR) is 134 cm³/mol. The Balaban J connectivity index is 1.58. The Labute approximate surface area is 199 Å². The van der Waals surface area contributed by atoms with Gasteiger partial charge in [0.05, 0.1) is 25.5 Å². The van der Waals surface area contributed by atoms with Gasteiger partial charge in [-0.15, -0.1) is 11.3 Å². The highest BCUT2D eigenvalue weighted by atomic mass is 32.2. The summed E-state index contributed by atoms with van der Waals surface area (Å²) in [5, 5.41) is 5.34. The second kappa shape index (κ2) is 10.1. The molecule has 9 heteroatoms. The molecule has 170 valence electrons. The standard InChI is InChI=1S/C24H23N3O4S2/c1-4-27-23(29)22-21(17(13-32-22)15-8-6-5-7-9-15)26-24(27)33-14-20(28)25-16-10-11-18(30-2)19(12-16)31-3/h5-13H,4,14H2,1-3H3,(H,25,28). The average molecular weight is 482 g/mol. The molecule has 0 saturated carbocycles. The van der Waals surface area contributed by atoms with Crippen molar-refractivity contribution < 1.29 is 14.3 Å². The zero-order valence-electron chi connectivity index (χ0n) is 18.5. The molecule has 0 spiro atoms. The van der Waals surface area contributed by atoms with Crippen LogP contribution >= 0.6 is 23.1 Å². The number of nitrogens with zero attached hydrogens (tertiary/aromatic N) is 2. The van der Waals surface area contributed by atoms with Gasteiger partial charge in [0.2, 0.25) is 5.91 Å². The number of hydrogen-bond acceptors (Lipinski definition) is 7. The van der Waals surface area contributed by atoms with Crippen LogP contribution in [-0.2, 0) is 11.3 Å². The van der Waals surface area contributed by atoms with Crippen LogP contribution in [0.5, 0.6) is 11.5 Å². The van der Waals surface area contributed by atoms with E-state index in [4.69, 9.17) is 14.5 Å². The second-order valence-electron chi connectivity index (χ2n) is 7.04. The molecule has 0 atom stereocenters. The van der Waals surface area contributed by atoms with Crippen LogP contribution in [0.1, 0.15) is 6.92 Å². The number of rotatable bonds is 8. The van der Waals surface area contributed by atoms with Crippen molar-refractivity contribution in [2.45, 2.75) is 18.6 Å². The molecule has 2 aromatic heterocycles. The second-order valence-corrected chi connectivity index (χ2v) is 8.87. The summed E-state index contributed by atoms with van der Waals surface area (Å²) in [5.41, 5.74) is 3.11. The third-order valence-electron chi connectivity index (χ3n) is 5.04. The lowest BCUT2D eigenvalue weighted by atomic mass is 10.1. The Bertz CT molecular complexity index is 1350. The molecule has 2 heterocycles. The smallest absolute Gasteiger partial charge is 0.272 e. The minimum absolute atomic E-state index is 0.0857. The summed E-state index contributed by atoms with van der Waals surface area (Å²) in [4.78, 5) is 30.5. The van der Waals surface area contributed by atoms with Gasteiger partial charge in [0.15, 0.2) is 16.7 Å². The molecule has 0 aliphatic rings. The first kappa shape index (κ1) is 22.9. The van der Waals surface area contributed by atoms with E-state index in [1.165, 1.54) is 23.1 Å². The zero-order valence-corrected chi connectivity index (χ0v) is 20.1. The molecule has 0 aliphatic carbocycles. The Hall–Kier alpha value is -3.30. The molecule has 1 amide bonds. The maximum atomic E-state index is 13.1. The number of amides is 1. The van der Waals surface area contributed by atoms with E-state index < -0.39 is 0 Å². The number of nitrogens with one attached hydrogen (secondary N) is 1. The maximum absolute atomic E-state index is 13.1. The largest absolute Gasteiger partial charge is 0.493 e. The van der Waals surface area contributed by atoms with Crippen molar-refractivity contribution in [2.24, 2.45) is 0 Å². The molecule has 0 bridgehead atoms. The van der Waals surface area contributed by atoms with Crippen molar-refractivity contribution in [2.75, 3.05) is 25.3 Å². The van der Waals surface area contributed by atoms with Crippen LogP contribution in [0.3, 0.4) is 0 Å². The average Bonchev–Trinajstić information content (AvgIpc) is 3.27. The normalized spacial score (nSPS) is 10.9. The molecule has 0 saturated heterocycles. The van der Waals surface area contributed by atoms with E-state index in [-0.39, 0.29) is 17.2 Å². The van der Waals surface area contributed by atoms with Gasteiger partial charge in [-0.25, -0.2) is 4.98 Å². The predicted octanol–water partition coefficient (Wildman–Crippen LogP) is 4.89. The van der Waals surface area contributed by atoms with Gasteiger partial charge in [-0.1, -0.05) is 42.1 Å². The summed E-state index contributed by atoms with van der Waals surface area (Å²) in [6.45, 7) is 2.37. The van der Waals surface area contributed by atoms with E-state index in [1.807, 2.05) is 42.6 Å². The number of benzene rings is 2. The Kier molecular flexibility index (Phi) is 7.00. The van der Waals surface area contributed by atoms with Gasteiger partial charge >= 0.3 is 0 Å². The maximum Gasteiger partial charge on any atom is 0.272 e. The van der Waals surface area contributed by atoms with Crippen molar-refractivity contribution >= 4 is 44.9 Å². The lowest BCUT2D eigenvalue weighted by molar-refractivity contribution is -0.113. The Morgan fingerprint density at radius 2 is 1.88 bits per heavy atom. The van der Waals surface area contributed by atoms with Gasteiger partial charge in [-0.3, -0.25) is 14.2 Å². The van der Waals surface area contributed by atoms with Crippen molar-refractivity contribution in [1.82, 2.24) is 9.55 Å². The van der Waals surface area contributed by atoms with Crippen LogP contribution in [0, 0.1) is 0 Å². The summed E-state index contributed by atoms with van der Waals surface area (Å²) >= 11 is 2.64. The number of anilines is 1. The van der Waals surface area contributed by atoms with E-state index in [9.17, 15) is 9.59 Å². The van der Waals surface area contributed by atoms with Crippen LogP contribution in [0.25, 0.3) is 21.3 Å². The fraction of sp³-hybridized carbons (Fsp3) is 0.208. The molecule has 33 heavy (non-hydrogen) atoms. The van der Waals surface area contributed by atoms with E-state index in [2.05, 4.69) is 5.32 Å². The van der Waals surface area contributed by atoms with Gasteiger partial charge < -0.3 is 14.8 Å². The number of thioether (sulfide) groups is 1. The fourth-order valence-electron chi connectivity index (χ4n) is 3.43. The van der Waals surface area contributed by atoms with Crippen LogP contribution in [0.4, 0.5) is 5.69 Å². The number of hydrogen-bond donors (Lipinski definition) is 1. The van der Waals surface area contributed by atoms with E-state index in [0.717, 1.165) is 11.1 Å². The molecule has 4 rings (SSSR count). The van der Waals surface area contributed by atoms with E-state index in [1.54, 1.807) is 37.0 Å². The van der Waals surface area contributed by atoms with Crippen molar-refractivity contribution in [1.29, 1.82) is 0 Å². The van der Waals surface area contributed by atoms with E-state index >= 15 is 0 Å². The minimum atomic E-state index is -0.210. The Morgan fingerprint density at radius 3 is 2.58 bits per heavy atom. The van der Waals surface area contributed by atoms with Gasteiger partial charge in [-0.05, 0) is 24.6 Å². The molecule has 1 N–H and O–H groups in total. The number of fused-ring (bicyclic) bond motifs is 1. The first-order chi connectivity index (χ1) is 16.0. The number of aromatic nitrogens is 2. The first-order valence-electron chi connectivity index (χ1n) is 10.3. The van der Waals surface area contributed by atoms with Gasteiger partial charge in [-0.2, -0.15) is 0 Å². The molecule has 7 nitrogen and oxygen atoms in total. The van der Waals surface area contributed by atoms with Gasteiger partial charge in [0, 0.05) is 29.2 Å². The fourth-order valence-corrected chi connectivity index (χ4v) is 5.25. The third kappa shape index (κ3) is 4.74. The van der Waals surface area contributed by atoms with Gasteiger partial charge in [0.1, 0.15) is 4.70 Å². The molecule has 0 unspecified atom stereocenters. The number of ether oxygens (including phenoxy) is 2. The van der Waals surface area contributed by atoms with Crippen molar-refractivity contribution in [3.8, 4) is 22.6 Å². The number of carbonyl (C=O) groups is 1. The van der Waals surface area contributed by atoms with Crippen LogP contribution in [0.2, 0.25) is 0 Å². The highest BCUT2D eigenvalue weighted by Crippen LogP contribution is 2.33. The summed E-state index contributed by atoms with van der Waals surface area (Å²) in [5.74, 6) is 1.01. The van der Waals surface area contributed by atoms with Crippen molar-refractivity contribution in [3.63, 3.8) is 0 Å². The van der Waals surface area contributed by atoms with Crippen LogP contribution < -0.4 is 20.3 Å². The summed E-state index contributed by atoms with van der Waals surface area (Å²) in [7, 11) is 3.10. The summed E-state index contributed by atoms with van der Waals surface area (Å²) < 4.78 is 12.7. The quantitative estimate of drug-likeness (QED) is 0.285. The molecule has 2 aromatic carbocycles. The minimum Gasteiger partial charge on any atom is -0.493 e. The highest BCUT2D eigenvalue weighted by molar-refractivity contribution is 7.99. The van der Waals surface area contributed by atoms with Gasteiger partial charge in [0.25, 0.3) is 5.56 Å². The van der Waals surface area contributed by atoms with Crippen LogP contribution in [-0.4, -0.2) is 35.4 Å². The molecule has 0 fully saturated rings. The SMILES string of the molecule is CCn1c(SCC(=O)Nc2ccc(OC)c(OC)c2)nc2c(-c3ccccc3)csc2c1=O. The first-order valence-corrected chi connectivity index (χ1v) is 12.1. The molecular weight excluding hydrogens is 458 g/mol. The van der Waals surface area contributed by atoms with Crippen molar-refractivity contribution in [3.05, 3.63) is 64.3 Å². The third-order valence-corrected chi connectivity index (χ3v) is 6.98. The molecule has 0 aliphatic heterocycles. The number of carbonyl (C=O) groups excluding carboxylic acids is 1. The molecule has 4 aromatic rings. The summed E-state index contributed by atoms with van der Waals surface area (Å²) in [6.07, 6.45) is 0. The zero-order chi connectivity index (χ0) is 23.4. The summed E-state index contributed by atoms with van der Waals surface area (Å²) in [6, 6.07) is 15.0.